The lowest BCUT2D eigenvalue weighted by Crippen LogP contribution is -2.60. The number of pyridine rings is 1. The van der Waals surface area contributed by atoms with E-state index >= 15 is 0 Å². The number of halogens is 3. The van der Waals surface area contributed by atoms with E-state index in [0.717, 1.165) is 34.6 Å². The molecule has 0 saturated heterocycles. The van der Waals surface area contributed by atoms with Gasteiger partial charge in [-0.3, -0.25) is 19.3 Å². The molecule has 0 radical (unpaired) electrons. The molecule has 2 aromatic carbocycles. The van der Waals surface area contributed by atoms with Crippen LogP contribution in [0.25, 0.3) is 0 Å². The van der Waals surface area contributed by atoms with Crippen molar-refractivity contribution in [2.45, 2.75) is 35.8 Å². The number of fused-ring (bicyclic) bond motifs is 3. The average molecular weight is 488 g/mol. The first-order chi connectivity index (χ1) is 16.2. The molecule has 176 valence electrons. The molecular weight excluding hydrogens is 467 g/mol. The lowest BCUT2D eigenvalue weighted by Gasteiger charge is -2.46. The summed E-state index contributed by atoms with van der Waals surface area (Å²) >= 11 is 1.62. The van der Waals surface area contributed by atoms with E-state index in [1.165, 1.54) is 10.9 Å². The number of rotatable bonds is 2. The highest BCUT2D eigenvalue weighted by atomic mass is 32.2. The Labute approximate surface area is 197 Å². The molecule has 0 saturated carbocycles. The summed E-state index contributed by atoms with van der Waals surface area (Å²) in [4.78, 5) is 26.9. The third-order valence-corrected chi connectivity index (χ3v) is 7.42. The van der Waals surface area contributed by atoms with E-state index in [1.807, 2.05) is 48.5 Å². The highest BCUT2D eigenvalue weighted by molar-refractivity contribution is 7.98. The number of aromatic nitrogens is 1. The van der Waals surface area contributed by atoms with Gasteiger partial charge >= 0.3 is 6.18 Å². The number of hydrogen-bond donors (Lipinski definition) is 1. The molecule has 0 aliphatic carbocycles. The van der Waals surface area contributed by atoms with Crippen molar-refractivity contribution in [3.8, 4) is 5.75 Å². The van der Waals surface area contributed by atoms with Crippen LogP contribution >= 0.6 is 11.8 Å². The molecular formula is C24H20F3N3O3S. The van der Waals surface area contributed by atoms with Crippen molar-refractivity contribution in [3.63, 3.8) is 0 Å². The molecule has 0 bridgehead atoms. The Hall–Kier alpha value is -3.40. The Kier molecular flexibility index (Phi) is 5.35. The van der Waals surface area contributed by atoms with E-state index in [2.05, 4.69) is 0 Å². The van der Waals surface area contributed by atoms with E-state index in [9.17, 15) is 27.9 Å². The number of amides is 1. The SMILES string of the molecule is CC(N1CN(C2c3ccccc3CSc3ccccc32)n2ccc(=O)c(O)c2C1=O)C(F)(F)F. The molecule has 2 aliphatic rings. The molecule has 6 nitrogen and oxygen atoms in total. The maximum absolute atomic E-state index is 13.7. The molecule has 2 atom stereocenters. The van der Waals surface area contributed by atoms with E-state index in [0.29, 0.717) is 10.7 Å². The summed E-state index contributed by atoms with van der Waals surface area (Å²) in [6, 6.07) is 13.7. The second-order valence-electron chi connectivity index (χ2n) is 8.22. The van der Waals surface area contributed by atoms with Crippen molar-refractivity contribution in [1.29, 1.82) is 0 Å². The van der Waals surface area contributed by atoms with Crippen molar-refractivity contribution in [3.05, 3.63) is 93.4 Å². The zero-order valence-corrected chi connectivity index (χ0v) is 18.8. The van der Waals surface area contributed by atoms with Gasteiger partial charge in [0, 0.05) is 22.9 Å². The van der Waals surface area contributed by atoms with Gasteiger partial charge in [-0.25, -0.2) is 0 Å². The number of carbonyl (C=O) groups is 1. The van der Waals surface area contributed by atoms with Crippen molar-refractivity contribution in [2.24, 2.45) is 0 Å². The Morgan fingerprint density at radius 3 is 2.44 bits per heavy atom. The highest BCUT2D eigenvalue weighted by Gasteiger charge is 2.47. The molecule has 10 heteroatoms. The predicted octanol–water partition coefficient (Wildman–Crippen LogP) is 4.25. The van der Waals surface area contributed by atoms with Crippen LogP contribution in [0.1, 0.15) is 40.1 Å². The molecule has 1 amide bonds. The standard InChI is InChI=1S/C24H20F3N3O3S/c1-14(24(25,26)27)28-13-30(29-11-10-18(31)22(32)21(29)23(28)33)20-16-7-3-2-6-15(16)12-34-19-9-5-4-8-17(19)20/h2-11,14,20,32H,12-13H2,1H3. The smallest absolute Gasteiger partial charge is 0.408 e. The molecule has 1 aromatic heterocycles. The molecule has 1 N–H and O–H groups in total. The zero-order valence-electron chi connectivity index (χ0n) is 18.0. The van der Waals surface area contributed by atoms with Crippen LogP contribution in [0.15, 0.2) is 70.5 Å². The Bertz CT molecular complexity index is 1290. The summed E-state index contributed by atoms with van der Waals surface area (Å²) in [5.74, 6) is -1.26. The number of carbonyl (C=O) groups excluding carboxylic acids is 1. The second-order valence-corrected chi connectivity index (χ2v) is 9.24. The van der Waals surface area contributed by atoms with Crippen LogP contribution in [0.2, 0.25) is 0 Å². The second kappa shape index (κ2) is 8.12. The lowest BCUT2D eigenvalue weighted by atomic mass is 9.94. The van der Waals surface area contributed by atoms with Gasteiger partial charge in [0.25, 0.3) is 5.91 Å². The van der Waals surface area contributed by atoms with Gasteiger partial charge in [0.05, 0.1) is 6.04 Å². The summed E-state index contributed by atoms with van der Waals surface area (Å²) in [5.41, 5.74) is 1.42. The number of thioether (sulfide) groups is 1. The molecule has 0 fully saturated rings. The summed E-state index contributed by atoms with van der Waals surface area (Å²) in [5, 5.41) is 12.1. The largest absolute Gasteiger partial charge is 0.502 e. The van der Waals surface area contributed by atoms with E-state index in [4.69, 9.17) is 0 Å². The normalized spacial score (nSPS) is 18.6. The van der Waals surface area contributed by atoms with Crippen molar-refractivity contribution >= 4 is 17.7 Å². The van der Waals surface area contributed by atoms with Gasteiger partial charge in [0.1, 0.15) is 12.7 Å². The van der Waals surface area contributed by atoms with Gasteiger partial charge in [0.2, 0.25) is 5.43 Å². The lowest BCUT2D eigenvalue weighted by molar-refractivity contribution is -0.173. The van der Waals surface area contributed by atoms with Crippen LogP contribution in [0.5, 0.6) is 5.75 Å². The Morgan fingerprint density at radius 1 is 1.03 bits per heavy atom. The average Bonchev–Trinajstić information content (AvgIpc) is 2.97. The minimum Gasteiger partial charge on any atom is -0.502 e. The molecule has 2 unspecified atom stereocenters. The van der Waals surface area contributed by atoms with Crippen LogP contribution in [0, 0.1) is 0 Å². The van der Waals surface area contributed by atoms with Gasteiger partial charge in [-0.1, -0.05) is 42.5 Å². The molecule has 34 heavy (non-hydrogen) atoms. The fourth-order valence-electron chi connectivity index (χ4n) is 4.45. The summed E-state index contributed by atoms with van der Waals surface area (Å²) < 4.78 is 42.5. The molecule has 3 heterocycles. The maximum Gasteiger partial charge on any atom is 0.408 e. The van der Waals surface area contributed by atoms with Crippen molar-refractivity contribution < 1.29 is 23.1 Å². The molecule has 3 aromatic rings. The minimum atomic E-state index is -4.69. The molecule has 2 aliphatic heterocycles. The summed E-state index contributed by atoms with van der Waals surface area (Å²) in [6.07, 6.45) is -3.36. The first-order valence-electron chi connectivity index (χ1n) is 10.6. The van der Waals surface area contributed by atoms with Crippen LogP contribution in [0.3, 0.4) is 0 Å². The van der Waals surface area contributed by atoms with Crippen LogP contribution in [0.4, 0.5) is 13.2 Å². The number of aromatic hydroxyl groups is 1. The topological polar surface area (TPSA) is 65.8 Å². The zero-order chi connectivity index (χ0) is 24.2. The third kappa shape index (κ3) is 3.53. The fourth-order valence-corrected chi connectivity index (χ4v) is 5.55. The quantitative estimate of drug-likeness (QED) is 0.586. The maximum atomic E-state index is 13.7. The van der Waals surface area contributed by atoms with E-state index in [-0.39, 0.29) is 0 Å². The Morgan fingerprint density at radius 2 is 1.71 bits per heavy atom. The predicted molar refractivity (Wildman–Crippen MR) is 121 cm³/mol. The minimum absolute atomic E-state index is 0.396. The summed E-state index contributed by atoms with van der Waals surface area (Å²) in [7, 11) is 0. The van der Waals surface area contributed by atoms with Gasteiger partial charge in [-0.05, 0) is 29.7 Å². The Balaban J connectivity index is 1.77. The number of nitrogens with zero attached hydrogens (tertiary/aromatic N) is 3. The van der Waals surface area contributed by atoms with Crippen LogP contribution < -0.4 is 10.4 Å². The molecule has 0 spiro atoms. The van der Waals surface area contributed by atoms with Crippen LogP contribution in [-0.2, 0) is 5.75 Å². The van der Waals surface area contributed by atoms with E-state index < -0.39 is 47.7 Å². The van der Waals surface area contributed by atoms with E-state index in [1.54, 1.807) is 16.8 Å². The van der Waals surface area contributed by atoms with Gasteiger partial charge in [0.15, 0.2) is 11.4 Å². The van der Waals surface area contributed by atoms with Crippen molar-refractivity contribution in [2.75, 3.05) is 11.7 Å². The molecule has 5 rings (SSSR count). The van der Waals surface area contributed by atoms with Gasteiger partial charge in [-0.15, -0.1) is 11.8 Å². The van der Waals surface area contributed by atoms with Crippen molar-refractivity contribution in [1.82, 2.24) is 9.58 Å². The fraction of sp³-hybridized carbons (Fsp3) is 0.250. The first kappa shape index (κ1) is 22.4. The summed E-state index contributed by atoms with van der Waals surface area (Å²) in [6.45, 7) is 0.501. The number of benzene rings is 2. The first-order valence-corrected chi connectivity index (χ1v) is 11.6. The highest BCUT2D eigenvalue weighted by Crippen LogP contribution is 2.43. The van der Waals surface area contributed by atoms with Crippen LogP contribution in [-0.4, -0.2) is 39.5 Å². The number of hydrogen-bond acceptors (Lipinski definition) is 5. The third-order valence-electron chi connectivity index (χ3n) is 6.28. The van der Waals surface area contributed by atoms with Gasteiger partial charge < -0.3 is 10.0 Å². The van der Waals surface area contributed by atoms with Gasteiger partial charge in [-0.2, -0.15) is 13.2 Å². The number of alkyl halides is 3. The monoisotopic (exact) mass is 487 g/mol.